The Labute approximate surface area is 243 Å². The molecule has 3 atom stereocenters. The molecule has 3 rings (SSSR count). The van der Waals surface area contributed by atoms with E-state index in [0.717, 1.165) is 34.9 Å². The first-order valence-corrected chi connectivity index (χ1v) is 14.0. The minimum absolute atomic E-state index is 0. The number of aromatic nitrogens is 1. The minimum Gasteiger partial charge on any atom is -0.361 e. The fourth-order valence-electron chi connectivity index (χ4n) is 4.64. The van der Waals surface area contributed by atoms with E-state index in [9.17, 15) is 14.4 Å². The zero-order chi connectivity index (χ0) is 28.2. The molecule has 1 aromatic heterocycles. The Balaban J connectivity index is 0.00000560. The van der Waals surface area contributed by atoms with E-state index >= 15 is 0 Å². The number of carbonyl (C=O) groups is 3. The lowest BCUT2D eigenvalue weighted by molar-refractivity contribution is -0.132. The number of nitrogens with one attached hydrogen (secondary N) is 4. The van der Waals surface area contributed by atoms with Crippen molar-refractivity contribution in [3.05, 3.63) is 71.9 Å². The molecule has 0 aliphatic heterocycles. The zero-order valence-corrected chi connectivity index (χ0v) is 24.6. The third kappa shape index (κ3) is 9.99. The molecule has 0 spiro atoms. The van der Waals surface area contributed by atoms with E-state index in [-0.39, 0.29) is 36.6 Å². The number of carbonyl (C=O) groups excluding carboxylic acids is 3. The van der Waals surface area contributed by atoms with Gasteiger partial charge in [-0.3, -0.25) is 14.4 Å². The van der Waals surface area contributed by atoms with Crippen LogP contribution in [0, 0.1) is 5.92 Å². The molecule has 8 nitrogen and oxygen atoms in total. The Kier molecular flexibility index (Phi) is 13.7. The van der Waals surface area contributed by atoms with Crippen molar-refractivity contribution in [3.8, 4) is 0 Å². The Hall–Kier alpha value is -3.36. The standard InChI is InChI=1S/C31H43N5O3.ClH/c1-4-5-14-25(32)29(37)35-28(19-23-20-34-26-15-10-9-13-24(23)26)31(39)36-27(18-21(2)3)30(38)33-17-16-22-11-7-6-8-12-22;/h6-13,15,20-21,25,27-28,34H,4-5,14,16-19,32H2,1-3H3,(H,33,38)(H,35,37)(H,36,39);1H/t25-,27-,28-;/m0./s1. The summed E-state index contributed by atoms with van der Waals surface area (Å²) in [5.74, 6) is -0.819. The predicted molar refractivity (Wildman–Crippen MR) is 163 cm³/mol. The fourth-order valence-corrected chi connectivity index (χ4v) is 4.64. The highest BCUT2D eigenvalue weighted by Gasteiger charge is 2.29. The first-order chi connectivity index (χ1) is 18.8. The van der Waals surface area contributed by atoms with Crippen LogP contribution in [0.4, 0.5) is 0 Å². The molecule has 2 aromatic carbocycles. The Bertz CT molecular complexity index is 1210. The normalized spacial score (nSPS) is 13.2. The van der Waals surface area contributed by atoms with E-state index in [2.05, 4.69) is 20.9 Å². The highest BCUT2D eigenvalue weighted by atomic mass is 35.5. The van der Waals surface area contributed by atoms with Crippen molar-refractivity contribution in [2.45, 2.75) is 77.4 Å². The van der Waals surface area contributed by atoms with Crippen molar-refractivity contribution in [1.29, 1.82) is 0 Å². The van der Waals surface area contributed by atoms with Gasteiger partial charge in [-0.2, -0.15) is 0 Å². The second kappa shape index (κ2) is 16.7. The van der Waals surface area contributed by atoms with Gasteiger partial charge in [-0.05, 0) is 42.4 Å². The van der Waals surface area contributed by atoms with Gasteiger partial charge in [-0.1, -0.05) is 82.1 Å². The van der Waals surface area contributed by atoms with Crippen LogP contribution in [-0.4, -0.2) is 47.4 Å². The number of benzene rings is 2. The third-order valence-electron chi connectivity index (χ3n) is 6.83. The van der Waals surface area contributed by atoms with Crippen LogP contribution in [0.5, 0.6) is 0 Å². The topological polar surface area (TPSA) is 129 Å². The van der Waals surface area contributed by atoms with E-state index in [1.165, 1.54) is 0 Å². The number of amides is 3. The number of hydrogen-bond donors (Lipinski definition) is 5. The second-order valence-corrected chi connectivity index (χ2v) is 10.6. The molecular weight excluding hydrogens is 526 g/mol. The molecule has 0 aliphatic carbocycles. The second-order valence-electron chi connectivity index (χ2n) is 10.6. The van der Waals surface area contributed by atoms with E-state index in [1.54, 1.807) is 0 Å². The average molecular weight is 570 g/mol. The molecule has 0 unspecified atom stereocenters. The highest BCUT2D eigenvalue weighted by Crippen LogP contribution is 2.19. The quantitative estimate of drug-likeness (QED) is 0.189. The molecule has 3 aromatic rings. The average Bonchev–Trinajstić information content (AvgIpc) is 3.33. The molecule has 9 heteroatoms. The summed E-state index contributed by atoms with van der Waals surface area (Å²) in [4.78, 5) is 42.9. The molecule has 6 N–H and O–H groups in total. The lowest BCUT2D eigenvalue weighted by Crippen LogP contribution is -2.56. The smallest absolute Gasteiger partial charge is 0.243 e. The summed E-state index contributed by atoms with van der Waals surface area (Å²) in [6.07, 6.45) is 5.60. The summed E-state index contributed by atoms with van der Waals surface area (Å²) in [7, 11) is 0. The molecule has 218 valence electrons. The monoisotopic (exact) mass is 569 g/mol. The molecule has 1 heterocycles. The van der Waals surface area contributed by atoms with Crippen LogP contribution in [0.15, 0.2) is 60.8 Å². The lowest BCUT2D eigenvalue weighted by atomic mass is 10.00. The van der Waals surface area contributed by atoms with Crippen molar-refractivity contribution in [2.24, 2.45) is 11.7 Å². The number of aromatic amines is 1. The Morgan fingerprint density at radius 2 is 1.57 bits per heavy atom. The van der Waals surface area contributed by atoms with Gasteiger partial charge in [0.05, 0.1) is 6.04 Å². The Morgan fingerprint density at radius 1 is 0.900 bits per heavy atom. The van der Waals surface area contributed by atoms with Gasteiger partial charge in [-0.15, -0.1) is 12.4 Å². The first kappa shape index (κ1) is 32.8. The fraction of sp³-hybridized carbons (Fsp3) is 0.452. The highest BCUT2D eigenvalue weighted by molar-refractivity contribution is 5.94. The van der Waals surface area contributed by atoms with Crippen molar-refractivity contribution >= 4 is 41.0 Å². The van der Waals surface area contributed by atoms with Crippen molar-refractivity contribution in [2.75, 3.05) is 6.54 Å². The van der Waals surface area contributed by atoms with E-state index < -0.39 is 24.0 Å². The summed E-state index contributed by atoms with van der Waals surface area (Å²) in [5.41, 5.74) is 9.10. The molecule has 40 heavy (non-hydrogen) atoms. The number of halogens is 1. The number of para-hydroxylation sites is 1. The molecule has 0 radical (unpaired) electrons. The molecule has 0 bridgehead atoms. The van der Waals surface area contributed by atoms with E-state index in [0.29, 0.717) is 25.8 Å². The van der Waals surface area contributed by atoms with Gasteiger partial charge in [0.25, 0.3) is 0 Å². The maximum Gasteiger partial charge on any atom is 0.243 e. The number of hydrogen-bond acceptors (Lipinski definition) is 4. The maximum atomic E-state index is 13.6. The number of H-pyrrole nitrogens is 1. The predicted octanol–water partition coefficient (Wildman–Crippen LogP) is 4.02. The van der Waals surface area contributed by atoms with Gasteiger partial charge in [0.2, 0.25) is 17.7 Å². The van der Waals surface area contributed by atoms with Gasteiger partial charge in [0.15, 0.2) is 0 Å². The van der Waals surface area contributed by atoms with Crippen molar-refractivity contribution in [3.63, 3.8) is 0 Å². The van der Waals surface area contributed by atoms with Gasteiger partial charge in [0.1, 0.15) is 12.1 Å². The number of rotatable bonds is 15. The van der Waals surface area contributed by atoms with Crippen LogP contribution in [0.2, 0.25) is 0 Å². The van der Waals surface area contributed by atoms with Gasteiger partial charge in [-0.25, -0.2) is 0 Å². The summed E-state index contributed by atoms with van der Waals surface area (Å²) >= 11 is 0. The lowest BCUT2D eigenvalue weighted by Gasteiger charge is -2.25. The minimum atomic E-state index is -0.879. The number of nitrogens with two attached hydrogens (primary N) is 1. The number of unbranched alkanes of at least 4 members (excludes halogenated alkanes) is 1. The first-order valence-electron chi connectivity index (χ1n) is 14.0. The summed E-state index contributed by atoms with van der Waals surface area (Å²) in [6, 6.07) is 15.4. The largest absolute Gasteiger partial charge is 0.361 e. The molecular formula is C31H44ClN5O3. The van der Waals surface area contributed by atoms with Crippen LogP contribution < -0.4 is 21.7 Å². The van der Waals surface area contributed by atoms with Gasteiger partial charge in [0, 0.05) is 30.1 Å². The molecule has 3 amide bonds. The zero-order valence-electron chi connectivity index (χ0n) is 23.7. The van der Waals surface area contributed by atoms with Crippen LogP contribution >= 0.6 is 12.4 Å². The SMILES string of the molecule is CCCC[C@H](N)C(=O)N[C@@H](Cc1c[nH]c2ccccc12)C(=O)N[C@@H](CC(C)C)C(=O)NCCc1ccccc1.Cl. The van der Waals surface area contributed by atoms with Crippen molar-refractivity contribution in [1.82, 2.24) is 20.9 Å². The summed E-state index contributed by atoms with van der Waals surface area (Å²) in [5, 5.41) is 9.75. The molecule has 0 fully saturated rings. The maximum absolute atomic E-state index is 13.6. The van der Waals surface area contributed by atoms with Crippen LogP contribution in [0.1, 0.15) is 57.6 Å². The molecule has 0 saturated heterocycles. The Morgan fingerprint density at radius 3 is 2.27 bits per heavy atom. The summed E-state index contributed by atoms with van der Waals surface area (Å²) < 4.78 is 0. The third-order valence-corrected chi connectivity index (χ3v) is 6.83. The van der Waals surface area contributed by atoms with Crippen LogP contribution in [0.25, 0.3) is 10.9 Å². The molecule has 0 saturated carbocycles. The van der Waals surface area contributed by atoms with Crippen LogP contribution in [-0.2, 0) is 27.2 Å². The van der Waals surface area contributed by atoms with Gasteiger partial charge < -0.3 is 26.7 Å². The van der Waals surface area contributed by atoms with Crippen molar-refractivity contribution < 1.29 is 14.4 Å². The van der Waals surface area contributed by atoms with E-state index in [1.807, 2.05) is 81.6 Å². The number of fused-ring (bicyclic) bond motifs is 1. The summed E-state index contributed by atoms with van der Waals surface area (Å²) in [6.45, 7) is 6.52. The van der Waals surface area contributed by atoms with Crippen LogP contribution in [0.3, 0.4) is 0 Å². The molecule has 0 aliphatic rings. The van der Waals surface area contributed by atoms with E-state index in [4.69, 9.17) is 5.73 Å². The van der Waals surface area contributed by atoms with Gasteiger partial charge >= 0.3 is 0 Å².